The number of imide groups is 1. The molecule has 3 amide bonds. The highest BCUT2D eigenvalue weighted by atomic mass is 16.4. The zero-order valence-corrected chi connectivity index (χ0v) is 11.4. The summed E-state index contributed by atoms with van der Waals surface area (Å²) in [5.41, 5.74) is 1.67. The first-order valence-corrected chi connectivity index (χ1v) is 6.53. The van der Waals surface area contributed by atoms with Crippen LogP contribution in [0.15, 0.2) is 60.7 Å². The highest BCUT2D eigenvalue weighted by Gasteiger charge is 2.20. The van der Waals surface area contributed by atoms with Crippen molar-refractivity contribution in [3.05, 3.63) is 71.8 Å². The van der Waals surface area contributed by atoms with Gasteiger partial charge in [0.15, 0.2) is 0 Å². The second-order valence-corrected chi connectivity index (χ2v) is 4.50. The van der Waals surface area contributed by atoms with E-state index in [0.29, 0.717) is 0 Å². The van der Waals surface area contributed by atoms with Gasteiger partial charge in [0.25, 0.3) is 0 Å². The lowest BCUT2D eigenvalue weighted by molar-refractivity contribution is 0.145. The highest BCUT2D eigenvalue weighted by Crippen LogP contribution is 2.06. The molecule has 2 rings (SSSR count). The Bertz CT molecular complexity index is 599. The van der Waals surface area contributed by atoms with Gasteiger partial charge in [0, 0.05) is 6.54 Å². The molecule has 0 atom stereocenters. The molecule has 5 heteroatoms. The van der Waals surface area contributed by atoms with Gasteiger partial charge in [-0.1, -0.05) is 60.7 Å². The van der Waals surface area contributed by atoms with Gasteiger partial charge in [-0.2, -0.15) is 0 Å². The summed E-state index contributed by atoms with van der Waals surface area (Å²) in [6.45, 7) is 0.315. The fourth-order valence-electron chi connectivity index (χ4n) is 1.86. The molecule has 0 aromatic heterocycles. The van der Waals surface area contributed by atoms with Crippen molar-refractivity contribution in [2.45, 2.75) is 13.1 Å². The number of nitrogens with one attached hydrogen (secondary N) is 1. The number of urea groups is 1. The van der Waals surface area contributed by atoms with Gasteiger partial charge >= 0.3 is 12.1 Å². The maximum absolute atomic E-state index is 12.0. The molecule has 2 aromatic rings. The van der Waals surface area contributed by atoms with Crippen molar-refractivity contribution in [3.63, 3.8) is 0 Å². The Kier molecular flexibility index (Phi) is 4.93. The second-order valence-electron chi connectivity index (χ2n) is 4.50. The van der Waals surface area contributed by atoms with Gasteiger partial charge in [-0.05, 0) is 11.1 Å². The molecule has 0 saturated heterocycles. The molecule has 0 heterocycles. The summed E-state index contributed by atoms with van der Waals surface area (Å²) in [5, 5.41) is 11.8. The lowest BCUT2D eigenvalue weighted by atomic mass is 10.2. The van der Waals surface area contributed by atoms with Crippen molar-refractivity contribution < 1.29 is 14.7 Å². The van der Waals surface area contributed by atoms with Crippen LogP contribution in [0.1, 0.15) is 11.1 Å². The number of carboxylic acid groups (broad SMARTS) is 1. The van der Waals surface area contributed by atoms with Crippen LogP contribution in [-0.2, 0) is 13.1 Å². The van der Waals surface area contributed by atoms with Crippen LogP contribution in [0.25, 0.3) is 0 Å². The number of rotatable bonds is 4. The minimum atomic E-state index is -1.27. The molecule has 2 aromatic carbocycles. The van der Waals surface area contributed by atoms with E-state index < -0.39 is 12.1 Å². The summed E-state index contributed by atoms with van der Waals surface area (Å²) in [6.07, 6.45) is -1.27. The summed E-state index contributed by atoms with van der Waals surface area (Å²) in [4.78, 5) is 24.0. The van der Waals surface area contributed by atoms with Gasteiger partial charge in [0.2, 0.25) is 0 Å². The molecule has 108 valence electrons. The maximum Gasteiger partial charge on any atom is 0.415 e. The minimum Gasteiger partial charge on any atom is -0.465 e. The van der Waals surface area contributed by atoms with Crippen molar-refractivity contribution >= 4 is 12.1 Å². The van der Waals surface area contributed by atoms with Gasteiger partial charge in [0.1, 0.15) is 0 Å². The summed E-state index contributed by atoms with van der Waals surface area (Å²) >= 11 is 0. The van der Waals surface area contributed by atoms with Crippen LogP contribution < -0.4 is 5.32 Å². The zero-order chi connectivity index (χ0) is 15.1. The van der Waals surface area contributed by atoms with Crippen LogP contribution in [0.2, 0.25) is 0 Å². The molecule has 0 bridgehead atoms. The Morgan fingerprint density at radius 1 is 0.905 bits per heavy atom. The van der Waals surface area contributed by atoms with E-state index in [9.17, 15) is 9.59 Å². The van der Waals surface area contributed by atoms with Crippen LogP contribution in [0.4, 0.5) is 9.59 Å². The van der Waals surface area contributed by atoms with E-state index >= 15 is 0 Å². The van der Waals surface area contributed by atoms with E-state index in [1.165, 1.54) is 0 Å². The lowest BCUT2D eigenvalue weighted by Crippen LogP contribution is -2.42. The van der Waals surface area contributed by atoms with E-state index in [2.05, 4.69) is 5.32 Å². The fourth-order valence-corrected chi connectivity index (χ4v) is 1.86. The van der Waals surface area contributed by atoms with Crippen molar-refractivity contribution in [3.8, 4) is 0 Å². The van der Waals surface area contributed by atoms with Crippen LogP contribution in [0.5, 0.6) is 0 Å². The van der Waals surface area contributed by atoms with Crippen LogP contribution in [0, 0.1) is 0 Å². The topological polar surface area (TPSA) is 69.6 Å². The van der Waals surface area contributed by atoms with E-state index in [4.69, 9.17) is 5.11 Å². The third-order valence-corrected chi connectivity index (χ3v) is 2.95. The molecule has 21 heavy (non-hydrogen) atoms. The van der Waals surface area contributed by atoms with Crippen molar-refractivity contribution in [1.29, 1.82) is 0 Å². The molecule has 0 aliphatic rings. The molecule has 0 aliphatic heterocycles. The van der Waals surface area contributed by atoms with Crippen molar-refractivity contribution in [1.82, 2.24) is 10.2 Å². The van der Waals surface area contributed by atoms with Gasteiger partial charge in [-0.25, -0.2) is 14.5 Å². The normalized spacial score (nSPS) is 9.90. The Morgan fingerprint density at radius 2 is 1.43 bits per heavy atom. The van der Waals surface area contributed by atoms with Gasteiger partial charge in [-0.3, -0.25) is 0 Å². The number of amides is 3. The number of carbonyl (C=O) groups is 2. The largest absolute Gasteiger partial charge is 0.465 e. The average Bonchev–Trinajstić information content (AvgIpc) is 2.52. The first-order valence-electron chi connectivity index (χ1n) is 6.53. The molecule has 0 saturated carbocycles. The van der Waals surface area contributed by atoms with E-state index in [1.807, 2.05) is 36.4 Å². The van der Waals surface area contributed by atoms with E-state index in [1.54, 1.807) is 24.3 Å². The number of hydrogen-bond acceptors (Lipinski definition) is 2. The summed E-state index contributed by atoms with van der Waals surface area (Å²) in [7, 11) is 0. The molecule has 0 fully saturated rings. The standard InChI is InChI=1S/C16H16N2O3/c19-15(17-11-13-7-3-1-4-8-13)18(16(20)21)12-14-9-5-2-6-10-14/h1-10H,11-12H2,(H,17,19)(H,20,21). The Hall–Kier alpha value is -2.82. The first-order chi connectivity index (χ1) is 10.2. The molecule has 0 spiro atoms. The average molecular weight is 284 g/mol. The molecular formula is C16H16N2O3. The Balaban J connectivity index is 1.98. The highest BCUT2D eigenvalue weighted by molar-refractivity contribution is 5.89. The smallest absolute Gasteiger partial charge is 0.415 e. The Labute approximate surface area is 122 Å². The van der Waals surface area contributed by atoms with Gasteiger partial charge in [-0.15, -0.1) is 0 Å². The summed E-state index contributed by atoms with van der Waals surface area (Å²) in [6, 6.07) is 17.7. The lowest BCUT2D eigenvalue weighted by Gasteiger charge is -2.18. The van der Waals surface area contributed by atoms with E-state index in [-0.39, 0.29) is 13.1 Å². The van der Waals surface area contributed by atoms with Crippen LogP contribution >= 0.6 is 0 Å². The van der Waals surface area contributed by atoms with Crippen LogP contribution in [0.3, 0.4) is 0 Å². The van der Waals surface area contributed by atoms with Crippen molar-refractivity contribution in [2.24, 2.45) is 0 Å². The third-order valence-electron chi connectivity index (χ3n) is 2.95. The molecule has 2 N–H and O–H groups in total. The predicted molar refractivity (Wildman–Crippen MR) is 78.7 cm³/mol. The fraction of sp³-hybridized carbons (Fsp3) is 0.125. The number of nitrogens with zero attached hydrogens (tertiary/aromatic N) is 1. The maximum atomic E-state index is 12.0. The van der Waals surface area contributed by atoms with Crippen molar-refractivity contribution in [2.75, 3.05) is 0 Å². The summed E-state index contributed by atoms with van der Waals surface area (Å²) < 4.78 is 0. The zero-order valence-electron chi connectivity index (χ0n) is 11.4. The van der Waals surface area contributed by atoms with Crippen LogP contribution in [-0.4, -0.2) is 22.1 Å². The van der Waals surface area contributed by atoms with E-state index in [0.717, 1.165) is 16.0 Å². The molecule has 0 unspecified atom stereocenters. The molecule has 0 radical (unpaired) electrons. The second kappa shape index (κ2) is 7.09. The SMILES string of the molecule is O=C(O)N(Cc1ccccc1)C(=O)NCc1ccccc1. The molecule has 0 aliphatic carbocycles. The minimum absolute atomic E-state index is 0.0246. The Morgan fingerprint density at radius 3 is 1.95 bits per heavy atom. The monoisotopic (exact) mass is 284 g/mol. The third kappa shape index (κ3) is 4.35. The number of hydrogen-bond donors (Lipinski definition) is 2. The molecule has 5 nitrogen and oxygen atoms in total. The summed E-state index contributed by atoms with van der Waals surface area (Å²) in [5.74, 6) is 0. The first kappa shape index (κ1) is 14.6. The predicted octanol–water partition coefficient (Wildman–Crippen LogP) is 3.08. The number of benzene rings is 2. The number of carbonyl (C=O) groups excluding carboxylic acids is 1. The quantitative estimate of drug-likeness (QED) is 0.906. The van der Waals surface area contributed by atoms with Gasteiger partial charge in [0.05, 0.1) is 6.54 Å². The molecular weight excluding hydrogens is 268 g/mol. The van der Waals surface area contributed by atoms with Gasteiger partial charge < -0.3 is 10.4 Å².